The zero-order valence-corrected chi connectivity index (χ0v) is 16.9. The molecular formula is C18H24NO6PS. The monoisotopic (exact) mass is 413 g/mol. The summed E-state index contributed by atoms with van der Waals surface area (Å²) in [4.78, 5) is 22.2. The standard InChI is InChI=1S/C18H24NO6PS/c1-12(13-5-6-17(25-2)16(8-13)18(21)22)19-9-14(20)10-26(23,24)11-15-4-3-7-27-15/h3-8,12,14,19-20H,9-11H2,1-2H3,(H,21,22)(H,23,24). The molecule has 27 heavy (non-hydrogen) atoms. The van der Waals surface area contributed by atoms with Gasteiger partial charge in [-0.25, -0.2) is 4.79 Å². The number of aliphatic hydroxyl groups is 1. The summed E-state index contributed by atoms with van der Waals surface area (Å²) in [6.07, 6.45) is -1.13. The molecule has 4 N–H and O–H groups in total. The predicted molar refractivity (Wildman–Crippen MR) is 105 cm³/mol. The first-order valence-electron chi connectivity index (χ1n) is 8.37. The minimum absolute atomic E-state index is 0.0533. The molecule has 2 aromatic rings. The molecule has 0 amide bonds. The van der Waals surface area contributed by atoms with Crippen molar-refractivity contribution >= 4 is 24.7 Å². The average molecular weight is 413 g/mol. The van der Waals surface area contributed by atoms with E-state index in [2.05, 4.69) is 5.32 Å². The maximum absolute atomic E-state index is 12.3. The van der Waals surface area contributed by atoms with Gasteiger partial charge in [0, 0.05) is 17.5 Å². The lowest BCUT2D eigenvalue weighted by Crippen LogP contribution is -2.31. The summed E-state index contributed by atoms with van der Waals surface area (Å²) < 4.78 is 17.3. The summed E-state index contributed by atoms with van der Waals surface area (Å²) in [5, 5.41) is 24.3. The van der Waals surface area contributed by atoms with E-state index in [1.807, 2.05) is 18.4 Å². The van der Waals surface area contributed by atoms with Gasteiger partial charge in [-0.3, -0.25) is 4.57 Å². The van der Waals surface area contributed by atoms with Crippen LogP contribution in [0, 0.1) is 0 Å². The van der Waals surface area contributed by atoms with Crippen LogP contribution in [0.3, 0.4) is 0 Å². The smallest absolute Gasteiger partial charge is 0.339 e. The molecule has 1 aromatic carbocycles. The number of hydrogen-bond donors (Lipinski definition) is 4. The third-order valence-electron chi connectivity index (χ3n) is 4.09. The van der Waals surface area contributed by atoms with Gasteiger partial charge in [0.05, 0.1) is 25.5 Å². The molecule has 1 heterocycles. The molecule has 0 aliphatic heterocycles. The summed E-state index contributed by atoms with van der Waals surface area (Å²) in [6.45, 7) is 1.94. The number of aliphatic hydroxyl groups excluding tert-OH is 1. The number of nitrogens with one attached hydrogen (secondary N) is 1. The van der Waals surface area contributed by atoms with Gasteiger partial charge in [-0.05, 0) is 36.1 Å². The van der Waals surface area contributed by atoms with Crippen molar-refractivity contribution in [1.82, 2.24) is 5.32 Å². The highest BCUT2D eigenvalue weighted by molar-refractivity contribution is 7.57. The molecule has 0 aliphatic carbocycles. The van der Waals surface area contributed by atoms with Gasteiger partial charge >= 0.3 is 5.97 Å². The number of ether oxygens (including phenoxy) is 1. The Hall–Kier alpha value is -1.70. The fraction of sp³-hybridized carbons (Fsp3) is 0.389. The van der Waals surface area contributed by atoms with Crippen LogP contribution in [0.4, 0.5) is 0 Å². The fourth-order valence-electron chi connectivity index (χ4n) is 2.70. The molecule has 0 saturated carbocycles. The van der Waals surface area contributed by atoms with E-state index in [0.717, 1.165) is 4.88 Å². The van der Waals surface area contributed by atoms with Crippen molar-refractivity contribution in [2.45, 2.75) is 25.2 Å². The SMILES string of the molecule is COc1ccc(C(C)NCC(O)CP(=O)(O)Cc2cccs2)cc1C(=O)O. The Morgan fingerprint density at radius 1 is 1.37 bits per heavy atom. The maximum Gasteiger partial charge on any atom is 0.339 e. The molecule has 3 atom stereocenters. The van der Waals surface area contributed by atoms with Gasteiger partial charge in [0.25, 0.3) is 0 Å². The van der Waals surface area contributed by atoms with Crippen LogP contribution in [0.1, 0.15) is 33.8 Å². The molecule has 0 radical (unpaired) electrons. The molecule has 2 rings (SSSR count). The molecule has 3 unspecified atom stereocenters. The molecule has 0 bridgehead atoms. The van der Waals surface area contributed by atoms with Crippen LogP contribution in [0.2, 0.25) is 0 Å². The normalized spacial score (nSPS) is 15.7. The lowest BCUT2D eigenvalue weighted by atomic mass is 10.0. The van der Waals surface area contributed by atoms with Crippen molar-refractivity contribution in [3.63, 3.8) is 0 Å². The third kappa shape index (κ3) is 6.45. The van der Waals surface area contributed by atoms with Crippen molar-refractivity contribution < 1.29 is 29.2 Å². The van der Waals surface area contributed by atoms with Crippen molar-refractivity contribution in [3.8, 4) is 5.75 Å². The second-order valence-corrected chi connectivity index (χ2v) is 9.72. The van der Waals surface area contributed by atoms with E-state index in [-0.39, 0.29) is 36.2 Å². The molecular weight excluding hydrogens is 389 g/mol. The largest absolute Gasteiger partial charge is 0.496 e. The summed E-state index contributed by atoms with van der Waals surface area (Å²) in [5.41, 5.74) is 0.770. The van der Waals surface area contributed by atoms with Crippen LogP contribution in [-0.4, -0.2) is 47.0 Å². The number of aromatic carboxylic acids is 1. The molecule has 1 aromatic heterocycles. The Balaban J connectivity index is 1.92. The molecule has 0 fully saturated rings. The quantitative estimate of drug-likeness (QED) is 0.443. The minimum Gasteiger partial charge on any atom is -0.496 e. The van der Waals surface area contributed by atoms with Crippen molar-refractivity contribution in [3.05, 3.63) is 51.7 Å². The van der Waals surface area contributed by atoms with E-state index in [1.165, 1.54) is 24.5 Å². The van der Waals surface area contributed by atoms with Crippen LogP contribution < -0.4 is 10.1 Å². The van der Waals surface area contributed by atoms with Gasteiger partial charge in [0.1, 0.15) is 11.3 Å². The van der Waals surface area contributed by atoms with Crippen molar-refractivity contribution in [2.24, 2.45) is 0 Å². The third-order valence-corrected chi connectivity index (χ3v) is 7.01. The minimum atomic E-state index is -3.47. The Morgan fingerprint density at radius 3 is 2.70 bits per heavy atom. The lowest BCUT2D eigenvalue weighted by molar-refractivity contribution is 0.0693. The van der Waals surface area contributed by atoms with E-state index in [1.54, 1.807) is 18.2 Å². The maximum atomic E-state index is 12.3. The first-order chi connectivity index (χ1) is 12.7. The van der Waals surface area contributed by atoms with Gasteiger partial charge < -0.3 is 25.2 Å². The highest BCUT2D eigenvalue weighted by Crippen LogP contribution is 2.45. The Bertz CT molecular complexity index is 810. The summed E-state index contributed by atoms with van der Waals surface area (Å²) in [5.74, 6) is -0.816. The number of carboxylic acid groups (broad SMARTS) is 1. The summed E-state index contributed by atoms with van der Waals surface area (Å²) in [6, 6.07) is 8.20. The molecule has 7 nitrogen and oxygen atoms in total. The van der Waals surface area contributed by atoms with Gasteiger partial charge in [0.15, 0.2) is 0 Å². The van der Waals surface area contributed by atoms with E-state index >= 15 is 0 Å². The van der Waals surface area contributed by atoms with Crippen LogP contribution >= 0.6 is 18.7 Å². The number of thiophene rings is 1. The highest BCUT2D eigenvalue weighted by atomic mass is 32.1. The molecule has 0 spiro atoms. The van der Waals surface area contributed by atoms with Gasteiger partial charge in [-0.15, -0.1) is 11.3 Å². The van der Waals surface area contributed by atoms with Crippen LogP contribution in [0.5, 0.6) is 5.75 Å². The average Bonchev–Trinajstić information content (AvgIpc) is 3.10. The van der Waals surface area contributed by atoms with E-state index in [4.69, 9.17) is 4.74 Å². The molecule has 0 aliphatic rings. The fourth-order valence-corrected chi connectivity index (χ4v) is 5.60. The number of rotatable bonds is 10. The zero-order valence-electron chi connectivity index (χ0n) is 15.2. The predicted octanol–water partition coefficient (Wildman–Crippen LogP) is 2.94. The zero-order chi connectivity index (χ0) is 20.0. The van der Waals surface area contributed by atoms with Crippen LogP contribution in [0.15, 0.2) is 35.7 Å². The van der Waals surface area contributed by atoms with E-state index < -0.39 is 19.4 Å². The second kappa shape index (κ2) is 9.48. The molecule has 148 valence electrons. The Morgan fingerprint density at radius 2 is 2.11 bits per heavy atom. The number of carbonyl (C=O) groups is 1. The van der Waals surface area contributed by atoms with Crippen molar-refractivity contribution in [1.29, 1.82) is 0 Å². The van der Waals surface area contributed by atoms with Gasteiger partial charge in [0.2, 0.25) is 7.37 Å². The Labute approximate surface area is 162 Å². The van der Waals surface area contributed by atoms with Crippen LogP contribution in [0.25, 0.3) is 0 Å². The number of carboxylic acids is 1. The summed E-state index contributed by atoms with van der Waals surface area (Å²) >= 11 is 1.41. The van der Waals surface area contributed by atoms with Crippen molar-refractivity contribution in [2.75, 3.05) is 19.8 Å². The second-order valence-electron chi connectivity index (χ2n) is 6.31. The molecule has 0 saturated heterocycles. The first kappa shape index (κ1) is 21.6. The topological polar surface area (TPSA) is 116 Å². The number of hydrogen-bond acceptors (Lipinski definition) is 6. The Kier molecular flexibility index (Phi) is 7.59. The first-order valence-corrected chi connectivity index (χ1v) is 11.3. The van der Waals surface area contributed by atoms with Gasteiger partial charge in [-0.2, -0.15) is 0 Å². The van der Waals surface area contributed by atoms with E-state index in [0.29, 0.717) is 5.56 Å². The molecule has 9 heteroatoms. The highest BCUT2D eigenvalue weighted by Gasteiger charge is 2.24. The van der Waals surface area contributed by atoms with Crippen LogP contribution in [-0.2, 0) is 10.7 Å². The lowest BCUT2D eigenvalue weighted by Gasteiger charge is -2.20. The number of methoxy groups -OCH3 is 1. The van der Waals surface area contributed by atoms with E-state index in [9.17, 15) is 24.5 Å². The number of benzene rings is 1. The van der Waals surface area contributed by atoms with Gasteiger partial charge in [-0.1, -0.05) is 12.1 Å². The summed E-state index contributed by atoms with van der Waals surface area (Å²) in [7, 11) is -2.07.